The van der Waals surface area contributed by atoms with Gasteiger partial charge in [-0.05, 0) is 12.1 Å². The van der Waals surface area contributed by atoms with E-state index in [4.69, 9.17) is 4.74 Å². The molecular weight excluding hydrogens is 215 g/mol. The van der Waals surface area contributed by atoms with Crippen LogP contribution in [0.25, 0.3) is 0 Å². The molecule has 0 aliphatic carbocycles. The van der Waals surface area contributed by atoms with Gasteiger partial charge in [0.15, 0.2) is 6.61 Å². The Kier molecular flexibility index (Phi) is 3.99. The molecule has 0 aliphatic heterocycles. The molecule has 0 spiro atoms. The van der Waals surface area contributed by atoms with Crippen LogP contribution in [-0.2, 0) is 9.53 Å². The molecule has 0 bridgehead atoms. The summed E-state index contributed by atoms with van der Waals surface area (Å²) in [5.41, 5.74) is 0.109. The lowest BCUT2D eigenvalue weighted by Gasteiger charge is -2.04. The van der Waals surface area contributed by atoms with E-state index in [9.17, 15) is 14.0 Å². The van der Waals surface area contributed by atoms with Gasteiger partial charge in [-0.15, -0.1) is 0 Å². The zero-order valence-electron chi connectivity index (χ0n) is 8.95. The quantitative estimate of drug-likeness (QED) is 0.577. The van der Waals surface area contributed by atoms with E-state index in [1.54, 1.807) is 0 Å². The van der Waals surface area contributed by atoms with Crippen LogP contribution in [0.3, 0.4) is 0 Å². The fourth-order valence-electron chi connectivity index (χ4n) is 1.09. The Bertz CT molecular complexity index is 414. The molecule has 0 atom stereocenters. The number of hydrogen-bond donors (Lipinski definition) is 0. The van der Waals surface area contributed by atoms with Gasteiger partial charge in [-0.25, -0.2) is 4.39 Å². The zero-order chi connectivity index (χ0) is 12.1. The van der Waals surface area contributed by atoms with E-state index in [1.807, 2.05) is 0 Å². The van der Waals surface area contributed by atoms with Gasteiger partial charge in [-0.1, -0.05) is 0 Å². The molecule has 0 fully saturated rings. The summed E-state index contributed by atoms with van der Waals surface area (Å²) in [7, 11) is 1.37. The predicted molar refractivity (Wildman–Crippen MR) is 53.9 cm³/mol. The molecule has 86 valence electrons. The molecule has 4 nitrogen and oxygen atoms in total. The van der Waals surface area contributed by atoms with Gasteiger partial charge in [0.25, 0.3) is 0 Å². The van der Waals surface area contributed by atoms with Crippen LogP contribution < -0.4 is 4.74 Å². The van der Waals surface area contributed by atoms with Gasteiger partial charge in [-0.2, -0.15) is 0 Å². The van der Waals surface area contributed by atoms with Crippen LogP contribution in [0, 0.1) is 5.82 Å². The van der Waals surface area contributed by atoms with E-state index in [-0.39, 0.29) is 11.3 Å². The van der Waals surface area contributed by atoms with Gasteiger partial charge in [0.1, 0.15) is 11.6 Å². The number of methoxy groups -OCH3 is 1. The molecule has 5 heteroatoms. The lowest BCUT2D eigenvalue weighted by Crippen LogP contribution is -2.12. The van der Waals surface area contributed by atoms with Crippen LogP contribution in [0.5, 0.6) is 5.75 Å². The largest absolute Gasteiger partial charge is 0.497 e. The Hall–Kier alpha value is -1.91. The molecule has 0 amide bonds. The maximum absolute atomic E-state index is 13.0. The van der Waals surface area contributed by atoms with Crippen molar-refractivity contribution in [2.45, 2.75) is 6.92 Å². The Morgan fingerprint density at radius 2 is 2.00 bits per heavy atom. The third-order valence-corrected chi connectivity index (χ3v) is 1.84. The third-order valence-electron chi connectivity index (χ3n) is 1.84. The fourth-order valence-corrected chi connectivity index (χ4v) is 1.09. The molecule has 0 heterocycles. The topological polar surface area (TPSA) is 52.6 Å². The summed E-state index contributed by atoms with van der Waals surface area (Å²) < 4.78 is 22.4. The summed E-state index contributed by atoms with van der Waals surface area (Å²) in [4.78, 5) is 22.0. The van der Waals surface area contributed by atoms with Crippen molar-refractivity contribution < 1.29 is 23.5 Å². The highest BCUT2D eigenvalue weighted by Crippen LogP contribution is 2.16. The number of esters is 1. The number of hydrogen-bond acceptors (Lipinski definition) is 4. The Morgan fingerprint density at radius 1 is 1.31 bits per heavy atom. The van der Waals surface area contributed by atoms with Crippen molar-refractivity contribution in [1.29, 1.82) is 0 Å². The van der Waals surface area contributed by atoms with Crippen molar-refractivity contribution in [2.24, 2.45) is 0 Å². The monoisotopic (exact) mass is 226 g/mol. The molecule has 0 aliphatic rings. The summed E-state index contributed by atoms with van der Waals surface area (Å²) in [6, 6.07) is 3.60. The number of Topliss-reactive ketones (excluding diaryl/α,β-unsaturated/α-hetero) is 1. The van der Waals surface area contributed by atoms with Gasteiger partial charge in [0, 0.05) is 18.6 Å². The van der Waals surface area contributed by atoms with E-state index >= 15 is 0 Å². The SMILES string of the molecule is COc1cc(F)cc(C(=O)COC(C)=O)c1. The first-order valence-electron chi connectivity index (χ1n) is 4.54. The van der Waals surface area contributed by atoms with Crippen LogP contribution >= 0.6 is 0 Å². The molecule has 16 heavy (non-hydrogen) atoms. The van der Waals surface area contributed by atoms with Gasteiger partial charge < -0.3 is 9.47 Å². The average Bonchev–Trinajstić information content (AvgIpc) is 2.24. The lowest BCUT2D eigenvalue weighted by atomic mass is 10.1. The number of carbonyl (C=O) groups is 2. The van der Waals surface area contributed by atoms with Crippen molar-refractivity contribution in [2.75, 3.05) is 13.7 Å². The molecular formula is C11H11FO4. The van der Waals surface area contributed by atoms with Crippen molar-refractivity contribution >= 4 is 11.8 Å². The van der Waals surface area contributed by atoms with E-state index in [0.29, 0.717) is 0 Å². The van der Waals surface area contributed by atoms with Crippen LogP contribution in [0.15, 0.2) is 18.2 Å². The first-order chi connectivity index (χ1) is 7.52. The first-order valence-corrected chi connectivity index (χ1v) is 4.54. The number of benzene rings is 1. The third kappa shape index (κ3) is 3.34. The van der Waals surface area contributed by atoms with E-state index in [2.05, 4.69) is 4.74 Å². The first kappa shape index (κ1) is 12.2. The molecule has 1 aromatic rings. The van der Waals surface area contributed by atoms with Gasteiger partial charge in [0.05, 0.1) is 7.11 Å². The number of carbonyl (C=O) groups excluding carboxylic acids is 2. The lowest BCUT2D eigenvalue weighted by molar-refractivity contribution is -0.139. The van der Waals surface area contributed by atoms with Gasteiger partial charge >= 0.3 is 5.97 Å². The van der Waals surface area contributed by atoms with Crippen molar-refractivity contribution in [3.63, 3.8) is 0 Å². The zero-order valence-corrected chi connectivity index (χ0v) is 8.95. The minimum absolute atomic E-state index is 0.109. The summed E-state index contributed by atoms with van der Waals surface area (Å²) in [5, 5.41) is 0. The highest BCUT2D eigenvalue weighted by molar-refractivity contribution is 5.98. The summed E-state index contributed by atoms with van der Waals surface area (Å²) in [6.45, 7) is 0.793. The molecule has 0 saturated heterocycles. The van der Waals surface area contributed by atoms with Crippen molar-refractivity contribution in [1.82, 2.24) is 0 Å². The highest BCUT2D eigenvalue weighted by Gasteiger charge is 2.10. The summed E-state index contributed by atoms with van der Waals surface area (Å²) >= 11 is 0. The Morgan fingerprint density at radius 3 is 2.56 bits per heavy atom. The van der Waals surface area contributed by atoms with E-state index in [0.717, 1.165) is 12.1 Å². The maximum Gasteiger partial charge on any atom is 0.303 e. The molecule has 1 rings (SSSR count). The Balaban J connectivity index is 2.82. The van der Waals surface area contributed by atoms with Crippen LogP contribution in [0.1, 0.15) is 17.3 Å². The number of rotatable bonds is 4. The highest BCUT2D eigenvalue weighted by atomic mass is 19.1. The molecule has 0 unspecified atom stereocenters. The van der Waals surface area contributed by atoms with Crippen LogP contribution in [0.2, 0.25) is 0 Å². The molecule has 0 radical (unpaired) electrons. The van der Waals surface area contributed by atoms with Crippen LogP contribution in [-0.4, -0.2) is 25.5 Å². The van der Waals surface area contributed by atoms with Gasteiger partial charge in [-0.3, -0.25) is 9.59 Å². The molecule has 1 aromatic carbocycles. The molecule has 0 saturated carbocycles. The second-order valence-electron chi connectivity index (χ2n) is 3.08. The Labute approximate surface area is 92.0 Å². The number of ether oxygens (including phenoxy) is 2. The molecule has 0 N–H and O–H groups in total. The van der Waals surface area contributed by atoms with Crippen molar-refractivity contribution in [3.05, 3.63) is 29.6 Å². The summed E-state index contributed by atoms with van der Waals surface area (Å²) in [6.07, 6.45) is 0. The smallest absolute Gasteiger partial charge is 0.303 e. The number of halogens is 1. The standard InChI is InChI=1S/C11H11FO4/c1-7(13)16-6-11(14)8-3-9(12)5-10(4-8)15-2/h3-5H,6H2,1-2H3. The number of ketones is 1. The average molecular weight is 226 g/mol. The van der Waals surface area contributed by atoms with E-state index < -0.39 is 24.2 Å². The van der Waals surface area contributed by atoms with Gasteiger partial charge in [0.2, 0.25) is 5.78 Å². The van der Waals surface area contributed by atoms with Crippen LogP contribution in [0.4, 0.5) is 4.39 Å². The second kappa shape index (κ2) is 5.25. The van der Waals surface area contributed by atoms with Crippen molar-refractivity contribution in [3.8, 4) is 5.75 Å². The predicted octanol–water partition coefficient (Wildman–Crippen LogP) is 1.58. The van der Waals surface area contributed by atoms with E-state index in [1.165, 1.54) is 20.1 Å². The second-order valence-corrected chi connectivity index (χ2v) is 3.08. The summed E-state index contributed by atoms with van der Waals surface area (Å²) in [5.74, 6) is -1.37. The minimum Gasteiger partial charge on any atom is -0.497 e. The maximum atomic E-state index is 13.0. The molecule has 0 aromatic heterocycles. The minimum atomic E-state index is -0.578. The fraction of sp³-hybridized carbons (Fsp3) is 0.273. The normalized spacial score (nSPS) is 9.69.